The summed E-state index contributed by atoms with van der Waals surface area (Å²) in [5.41, 5.74) is 2.38. The van der Waals surface area contributed by atoms with Crippen LogP contribution in [0.4, 0.5) is 11.5 Å². The Balaban J connectivity index is 1.24. The molecule has 2 amide bonds. The first-order valence-electron chi connectivity index (χ1n) is 10.8. The minimum absolute atomic E-state index is 0.101. The Morgan fingerprint density at radius 1 is 1.12 bits per heavy atom. The number of carbonyl (C=O) groups is 2. The minimum atomic E-state index is -0.304. The number of aryl methyl sites for hydroxylation is 2. The van der Waals surface area contributed by atoms with Crippen molar-refractivity contribution in [1.82, 2.24) is 30.0 Å². The highest BCUT2D eigenvalue weighted by Crippen LogP contribution is 2.25. The standard InChI is InChI=1S/C22H28N8O3/c1-15-4-5-18(33-3)17(10-15)27-19(31)12-23-20(32)13-29-6-8-30(9-7-29)22-16-11-26-28(2)21(16)24-14-25-22/h4-5,10-11,14H,6-9,12-13H2,1-3H3,(H,23,32)(H,27,31). The van der Waals surface area contributed by atoms with Gasteiger partial charge in [0, 0.05) is 33.2 Å². The number of rotatable bonds is 7. The lowest BCUT2D eigenvalue weighted by molar-refractivity contribution is -0.125. The number of benzene rings is 1. The molecule has 0 atom stereocenters. The largest absolute Gasteiger partial charge is 0.495 e. The SMILES string of the molecule is COc1ccc(C)cc1NC(=O)CNC(=O)CN1CCN(c2ncnc3c2cnn3C)CC1. The van der Waals surface area contributed by atoms with Crippen molar-refractivity contribution >= 4 is 34.4 Å². The second kappa shape index (κ2) is 9.82. The molecule has 11 heteroatoms. The molecule has 0 saturated carbocycles. The molecule has 2 N–H and O–H groups in total. The molecule has 33 heavy (non-hydrogen) atoms. The van der Waals surface area contributed by atoms with Gasteiger partial charge in [-0.1, -0.05) is 6.07 Å². The number of ether oxygens (including phenoxy) is 1. The van der Waals surface area contributed by atoms with Crippen molar-refractivity contribution in [3.8, 4) is 5.75 Å². The molecule has 0 aliphatic carbocycles. The number of methoxy groups -OCH3 is 1. The second-order valence-electron chi connectivity index (χ2n) is 7.99. The summed E-state index contributed by atoms with van der Waals surface area (Å²) in [5, 5.41) is 10.7. The van der Waals surface area contributed by atoms with Crippen molar-refractivity contribution in [2.45, 2.75) is 6.92 Å². The zero-order valence-electron chi connectivity index (χ0n) is 19.0. The molecule has 0 bridgehead atoms. The van der Waals surface area contributed by atoms with Gasteiger partial charge in [-0.3, -0.25) is 19.2 Å². The first kappa shape index (κ1) is 22.5. The highest BCUT2D eigenvalue weighted by molar-refractivity contribution is 5.96. The first-order chi connectivity index (χ1) is 15.9. The molecule has 174 valence electrons. The van der Waals surface area contributed by atoms with Gasteiger partial charge in [-0.25, -0.2) is 9.97 Å². The highest BCUT2D eigenvalue weighted by atomic mass is 16.5. The third-order valence-electron chi connectivity index (χ3n) is 5.62. The van der Waals surface area contributed by atoms with E-state index in [1.165, 1.54) is 0 Å². The zero-order valence-corrected chi connectivity index (χ0v) is 19.0. The summed E-state index contributed by atoms with van der Waals surface area (Å²) in [5.74, 6) is 0.943. The van der Waals surface area contributed by atoms with Crippen LogP contribution in [0, 0.1) is 6.92 Å². The third-order valence-corrected chi connectivity index (χ3v) is 5.62. The fraction of sp³-hybridized carbons (Fsp3) is 0.409. The van der Waals surface area contributed by atoms with E-state index in [0.717, 1.165) is 35.5 Å². The summed E-state index contributed by atoms with van der Waals surface area (Å²) < 4.78 is 7.00. The number of piperazine rings is 1. The van der Waals surface area contributed by atoms with Gasteiger partial charge in [-0.05, 0) is 24.6 Å². The lowest BCUT2D eigenvalue weighted by Gasteiger charge is -2.35. The molecular weight excluding hydrogens is 424 g/mol. The Bertz CT molecular complexity index is 1150. The van der Waals surface area contributed by atoms with Crippen molar-refractivity contribution in [2.24, 2.45) is 7.05 Å². The molecule has 1 saturated heterocycles. The topological polar surface area (TPSA) is 118 Å². The molecule has 1 aromatic carbocycles. The van der Waals surface area contributed by atoms with Gasteiger partial charge in [0.1, 0.15) is 17.9 Å². The average molecular weight is 453 g/mol. The van der Waals surface area contributed by atoms with Crippen LogP contribution in [0.1, 0.15) is 5.56 Å². The third kappa shape index (κ3) is 5.20. The Kier molecular flexibility index (Phi) is 6.68. The number of fused-ring (bicyclic) bond motifs is 1. The van der Waals surface area contributed by atoms with E-state index in [1.54, 1.807) is 30.4 Å². The maximum absolute atomic E-state index is 12.4. The van der Waals surface area contributed by atoms with Gasteiger partial charge in [-0.15, -0.1) is 0 Å². The number of hydrogen-bond acceptors (Lipinski definition) is 8. The number of carbonyl (C=O) groups excluding carboxylic acids is 2. The molecule has 11 nitrogen and oxygen atoms in total. The van der Waals surface area contributed by atoms with Crippen molar-refractivity contribution in [1.29, 1.82) is 0 Å². The zero-order chi connectivity index (χ0) is 23.4. The molecule has 3 heterocycles. The van der Waals surface area contributed by atoms with Gasteiger partial charge < -0.3 is 20.3 Å². The molecule has 0 unspecified atom stereocenters. The van der Waals surface area contributed by atoms with Crippen molar-refractivity contribution in [3.05, 3.63) is 36.3 Å². The number of hydrogen-bond donors (Lipinski definition) is 2. The van der Waals surface area contributed by atoms with Gasteiger partial charge in [0.05, 0.1) is 37.5 Å². The van der Waals surface area contributed by atoms with Crippen LogP contribution in [0.15, 0.2) is 30.7 Å². The molecule has 0 radical (unpaired) electrons. The van der Waals surface area contributed by atoms with Gasteiger partial charge in [-0.2, -0.15) is 5.10 Å². The van der Waals surface area contributed by atoms with E-state index in [-0.39, 0.29) is 24.9 Å². The molecule has 2 aromatic heterocycles. The van der Waals surface area contributed by atoms with Crippen LogP contribution >= 0.6 is 0 Å². The van der Waals surface area contributed by atoms with Crippen molar-refractivity contribution in [2.75, 3.05) is 56.6 Å². The van der Waals surface area contributed by atoms with E-state index in [2.05, 4.69) is 35.5 Å². The van der Waals surface area contributed by atoms with Gasteiger partial charge in [0.25, 0.3) is 0 Å². The smallest absolute Gasteiger partial charge is 0.243 e. The average Bonchev–Trinajstić information content (AvgIpc) is 3.19. The quantitative estimate of drug-likeness (QED) is 0.534. The Hall–Kier alpha value is -3.73. The predicted octanol–water partition coefficient (Wildman–Crippen LogP) is 0.557. The van der Waals surface area contributed by atoms with Crippen LogP contribution in [0.2, 0.25) is 0 Å². The fourth-order valence-corrected chi connectivity index (χ4v) is 3.87. The summed E-state index contributed by atoms with van der Waals surface area (Å²) >= 11 is 0. The summed E-state index contributed by atoms with van der Waals surface area (Å²) in [6.07, 6.45) is 3.33. The molecule has 3 aromatic rings. The summed E-state index contributed by atoms with van der Waals surface area (Å²) in [4.78, 5) is 37.6. The normalized spacial score (nSPS) is 14.3. The van der Waals surface area contributed by atoms with Crippen LogP contribution in [0.3, 0.4) is 0 Å². The lowest BCUT2D eigenvalue weighted by Crippen LogP contribution is -2.50. The van der Waals surface area contributed by atoms with Crippen LogP contribution in [0.5, 0.6) is 5.75 Å². The van der Waals surface area contributed by atoms with E-state index in [4.69, 9.17) is 4.74 Å². The molecule has 1 aliphatic heterocycles. The molecular formula is C22H28N8O3. The number of amides is 2. The van der Waals surface area contributed by atoms with E-state index in [9.17, 15) is 9.59 Å². The first-order valence-corrected chi connectivity index (χ1v) is 10.8. The molecule has 1 fully saturated rings. The predicted molar refractivity (Wildman–Crippen MR) is 124 cm³/mol. The van der Waals surface area contributed by atoms with E-state index in [1.807, 2.05) is 26.1 Å². The number of anilines is 2. The van der Waals surface area contributed by atoms with Crippen LogP contribution in [-0.2, 0) is 16.6 Å². The van der Waals surface area contributed by atoms with Crippen LogP contribution < -0.4 is 20.3 Å². The summed E-state index contributed by atoms with van der Waals surface area (Å²) in [7, 11) is 3.40. The highest BCUT2D eigenvalue weighted by Gasteiger charge is 2.22. The van der Waals surface area contributed by atoms with Crippen molar-refractivity contribution < 1.29 is 14.3 Å². The fourth-order valence-electron chi connectivity index (χ4n) is 3.87. The molecule has 4 rings (SSSR count). The van der Waals surface area contributed by atoms with Gasteiger partial charge in [0.15, 0.2) is 5.65 Å². The number of nitrogens with one attached hydrogen (secondary N) is 2. The Labute approximate surface area is 191 Å². The van der Waals surface area contributed by atoms with E-state index in [0.29, 0.717) is 24.5 Å². The number of nitrogens with zero attached hydrogens (tertiary/aromatic N) is 6. The Morgan fingerprint density at radius 3 is 2.67 bits per heavy atom. The molecule has 1 aliphatic rings. The Morgan fingerprint density at radius 2 is 1.91 bits per heavy atom. The minimum Gasteiger partial charge on any atom is -0.495 e. The van der Waals surface area contributed by atoms with Crippen LogP contribution in [-0.4, -0.2) is 82.8 Å². The maximum atomic E-state index is 12.4. The summed E-state index contributed by atoms with van der Waals surface area (Å²) in [6.45, 7) is 4.97. The maximum Gasteiger partial charge on any atom is 0.243 e. The van der Waals surface area contributed by atoms with Gasteiger partial charge in [0.2, 0.25) is 11.8 Å². The van der Waals surface area contributed by atoms with Crippen LogP contribution in [0.25, 0.3) is 11.0 Å². The lowest BCUT2D eigenvalue weighted by atomic mass is 10.2. The van der Waals surface area contributed by atoms with Gasteiger partial charge >= 0.3 is 0 Å². The monoisotopic (exact) mass is 452 g/mol. The number of aromatic nitrogens is 4. The van der Waals surface area contributed by atoms with E-state index >= 15 is 0 Å². The van der Waals surface area contributed by atoms with E-state index < -0.39 is 0 Å². The second-order valence-corrected chi connectivity index (χ2v) is 7.99. The summed E-state index contributed by atoms with van der Waals surface area (Å²) in [6, 6.07) is 5.53. The van der Waals surface area contributed by atoms with Crippen molar-refractivity contribution in [3.63, 3.8) is 0 Å². The molecule has 0 spiro atoms.